The Labute approximate surface area is 103 Å². The van der Waals surface area contributed by atoms with E-state index in [4.69, 9.17) is 11.6 Å². The Hall–Kier alpha value is -0.830. The first-order chi connectivity index (χ1) is 7.56. The van der Waals surface area contributed by atoms with Crippen LogP contribution in [0.5, 0.6) is 0 Å². The Kier molecular flexibility index (Phi) is 5.00. The van der Waals surface area contributed by atoms with Crippen molar-refractivity contribution in [3.8, 4) is 0 Å². The minimum atomic E-state index is 0.416. The average molecular weight is 242 g/mol. The summed E-state index contributed by atoms with van der Waals surface area (Å²) in [5.74, 6) is 1.63. The maximum absolute atomic E-state index is 5.73. The number of alkyl halides is 1. The number of halogens is 1. The molecule has 90 valence electrons. The second-order valence-electron chi connectivity index (χ2n) is 4.23. The summed E-state index contributed by atoms with van der Waals surface area (Å²) in [5.41, 5.74) is 1.99. The van der Waals surface area contributed by atoms with Crippen molar-refractivity contribution in [2.24, 2.45) is 0 Å². The van der Waals surface area contributed by atoms with Crippen molar-refractivity contribution in [2.45, 2.75) is 40.2 Å². The Morgan fingerprint density at radius 3 is 2.50 bits per heavy atom. The van der Waals surface area contributed by atoms with E-state index in [2.05, 4.69) is 28.7 Å². The van der Waals surface area contributed by atoms with Crippen LogP contribution in [0.3, 0.4) is 0 Å². The van der Waals surface area contributed by atoms with Gasteiger partial charge in [0.25, 0.3) is 0 Å². The molecular weight excluding hydrogens is 222 g/mol. The zero-order chi connectivity index (χ0) is 12.1. The molecule has 16 heavy (non-hydrogen) atoms. The molecule has 0 saturated heterocycles. The molecule has 1 heterocycles. The summed E-state index contributed by atoms with van der Waals surface area (Å²) < 4.78 is 0. The van der Waals surface area contributed by atoms with Gasteiger partial charge in [0, 0.05) is 18.5 Å². The quantitative estimate of drug-likeness (QED) is 0.743. The Bertz CT molecular complexity index is 339. The second kappa shape index (κ2) is 6.04. The van der Waals surface area contributed by atoms with Gasteiger partial charge in [0.15, 0.2) is 0 Å². The van der Waals surface area contributed by atoms with Crippen LogP contribution in [-0.4, -0.2) is 28.4 Å². The molecule has 0 amide bonds. The highest BCUT2D eigenvalue weighted by atomic mass is 35.5. The summed E-state index contributed by atoms with van der Waals surface area (Å²) >= 11 is 5.73. The molecule has 0 unspecified atom stereocenters. The van der Waals surface area contributed by atoms with E-state index in [9.17, 15) is 0 Å². The van der Waals surface area contributed by atoms with E-state index < -0.39 is 0 Å². The van der Waals surface area contributed by atoms with Gasteiger partial charge in [-0.3, -0.25) is 4.98 Å². The maximum Gasteiger partial charge on any atom is 0.147 e. The molecule has 3 nitrogen and oxygen atoms in total. The Balaban J connectivity index is 2.88. The summed E-state index contributed by atoms with van der Waals surface area (Å²) in [6, 6.07) is 0.416. The predicted octanol–water partition coefficient (Wildman–Crippen LogP) is 2.94. The third kappa shape index (κ3) is 3.34. The normalized spacial score (nSPS) is 10.9. The standard InChI is InChI=1S/C12H20ClN3/c1-9(2)16(7-5-6-13)12-8-14-10(3)11(4)15-12/h8-9H,5-7H2,1-4H3. The molecule has 0 N–H and O–H groups in total. The molecule has 0 bridgehead atoms. The highest BCUT2D eigenvalue weighted by Gasteiger charge is 2.12. The van der Waals surface area contributed by atoms with Gasteiger partial charge < -0.3 is 4.90 Å². The SMILES string of the molecule is Cc1ncc(N(CCCCl)C(C)C)nc1C. The molecule has 0 spiro atoms. The molecule has 0 saturated carbocycles. The predicted molar refractivity (Wildman–Crippen MR) is 69.3 cm³/mol. The van der Waals surface area contributed by atoms with Gasteiger partial charge in [-0.2, -0.15) is 0 Å². The number of hydrogen-bond acceptors (Lipinski definition) is 3. The van der Waals surface area contributed by atoms with Gasteiger partial charge in [0.1, 0.15) is 5.82 Å². The molecule has 0 radical (unpaired) electrons. The molecule has 0 aromatic carbocycles. The summed E-state index contributed by atoms with van der Waals surface area (Å²) in [7, 11) is 0. The van der Waals surface area contributed by atoms with Crippen LogP contribution in [0, 0.1) is 13.8 Å². The number of nitrogens with zero attached hydrogens (tertiary/aromatic N) is 3. The highest BCUT2D eigenvalue weighted by molar-refractivity contribution is 6.17. The van der Waals surface area contributed by atoms with Crippen molar-refractivity contribution in [2.75, 3.05) is 17.3 Å². The first kappa shape index (κ1) is 13.2. The molecule has 0 aliphatic rings. The first-order valence-electron chi connectivity index (χ1n) is 5.69. The van der Waals surface area contributed by atoms with Crippen LogP contribution in [0.2, 0.25) is 0 Å². The van der Waals surface area contributed by atoms with E-state index in [0.717, 1.165) is 30.2 Å². The lowest BCUT2D eigenvalue weighted by Gasteiger charge is -2.27. The second-order valence-corrected chi connectivity index (χ2v) is 4.61. The van der Waals surface area contributed by atoms with Crippen molar-refractivity contribution in [1.82, 2.24) is 9.97 Å². The van der Waals surface area contributed by atoms with Crippen LogP contribution in [-0.2, 0) is 0 Å². The summed E-state index contributed by atoms with van der Waals surface area (Å²) in [6.07, 6.45) is 2.81. The number of rotatable bonds is 5. The van der Waals surface area contributed by atoms with Gasteiger partial charge in [-0.1, -0.05) is 0 Å². The third-order valence-corrected chi connectivity index (χ3v) is 2.90. The van der Waals surface area contributed by atoms with Gasteiger partial charge in [-0.05, 0) is 34.1 Å². The number of aryl methyl sites for hydroxylation is 2. The van der Waals surface area contributed by atoms with Crippen molar-refractivity contribution >= 4 is 17.4 Å². The smallest absolute Gasteiger partial charge is 0.147 e. The number of hydrogen-bond donors (Lipinski definition) is 0. The van der Waals surface area contributed by atoms with Crippen molar-refractivity contribution < 1.29 is 0 Å². The van der Waals surface area contributed by atoms with Crippen LogP contribution >= 0.6 is 11.6 Å². The lowest BCUT2D eigenvalue weighted by atomic mass is 10.3. The lowest BCUT2D eigenvalue weighted by Crippen LogP contribution is -2.33. The summed E-state index contributed by atoms with van der Waals surface area (Å²) in [4.78, 5) is 11.2. The first-order valence-corrected chi connectivity index (χ1v) is 6.22. The van der Waals surface area contributed by atoms with E-state index in [1.807, 2.05) is 20.0 Å². The highest BCUT2D eigenvalue weighted by Crippen LogP contribution is 2.15. The van der Waals surface area contributed by atoms with Crippen LogP contribution in [0.1, 0.15) is 31.7 Å². The lowest BCUT2D eigenvalue weighted by molar-refractivity contribution is 0.660. The van der Waals surface area contributed by atoms with Gasteiger partial charge in [0.05, 0.1) is 17.6 Å². The van der Waals surface area contributed by atoms with Crippen LogP contribution < -0.4 is 4.90 Å². The molecule has 4 heteroatoms. The van der Waals surface area contributed by atoms with E-state index in [-0.39, 0.29) is 0 Å². The molecule has 0 aliphatic carbocycles. The minimum Gasteiger partial charge on any atom is -0.353 e. The topological polar surface area (TPSA) is 29.0 Å². The largest absolute Gasteiger partial charge is 0.353 e. The molecule has 1 aromatic rings. The zero-order valence-corrected chi connectivity index (χ0v) is 11.3. The van der Waals surface area contributed by atoms with E-state index in [0.29, 0.717) is 11.9 Å². The van der Waals surface area contributed by atoms with Gasteiger partial charge in [0.2, 0.25) is 0 Å². The minimum absolute atomic E-state index is 0.416. The molecule has 0 atom stereocenters. The zero-order valence-electron chi connectivity index (χ0n) is 10.5. The van der Waals surface area contributed by atoms with Crippen LogP contribution in [0.4, 0.5) is 5.82 Å². The van der Waals surface area contributed by atoms with Gasteiger partial charge in [-0.15, -0.1) is 11.6 Å². The van der Waals surface area contributed by atoms with Gasteiger partial charge in [-0.25, -0.2) is 4.98 Å². The Morgan fingerprint density at radius 1 is 1.31 bits per heavy atom. The van der Waals surface area contributed by atoms with E-state index in [1.165, 1.54) is 0 Å². The number of anilines is 1. The van der Waals surface area contributed by atoms with Crippen molar-refractivity contribution in [3.05, 3.63) is 17.6 Å². The van der Waals surface area contributed by atoms with E-state index in [1.54, 1.807) is 0 Å². The Morgan fingerprint density at radius 2 is 2.00 bits per heavy atom. The third-order valence-electron chi connectivity index (χ3n) is 2.63. The van der Waals surface area contributed by atoms with Crippen LogP contribution in [0.15, 0.2) is 6.20 Å². The molecule has 0 aliphatic heterocycles. The van der Waals surface area contributed by atoms with E-state index >= 15 is 0 Å². The molecular formula is C12H20ClN3. The van der Waals surface area contributed by atoms with Crippen LogP contribution in [0.25, 0.3) is 0 Å². The van der Waals surface area contributed by atoms with Gasteiger partial charge >= 0.3 is 0 Å². The molecule has 1 aromatic heterocycles. The van der Waals surface area contributed by atoms with Crippen molar-refractivity contribution in [1.29, 1.82) is 0 Å². The summed E-state index contributed by atoms with van der Waals surface area (Å²) in [6.45, 7) is 9.21. The summed E-state index contributed by atoms with van der Waals surface area (Å²) in [5, 5.41) is 0. The molecule has 0 fully saturated rings. The fourth-order valence-electron chi connectivity index (χ4n) is 1.54. The average Bonchev–Trinajstić information content (AvgIpc) is 2.23. The fourth-order valence-corrected chi connectivity index (χ4v) is 1.65. The fraction of sp³-hybridized carbons (Fsp3) is 0.667. The maximum atomic E-state index is 5.73. The molecule has 1 rings (SSSR count). The van der Waals surface area contributed by atoms with Crippen molar-refractivity contribution in [3.63, 3.8) is 0 Å². The monoisotopic (exact) mass is 241 g/mol. The number of aromatic nitrogens is 2.